The van der Waals surface area contributed by atoms with Gasteiger partial charge < -0.3 is 4.57 Å². The van der Waals surface area contributed by atoms with Gasteiger partial charge in [-0.15, -0.1) is 0 Å². The number of aryl methyl sites for hydroxylation is 3. The zero-order chi connectivity index (χ0) is 12.4. The van der Waals surface area contributed by atoms with Gasteiger partial charge in [0.25, 0.3) is 0 Å². The van der Waals surface area contributed by atoms with Gasteiger partial charge in [0.05, 0.1) is 0 Å². The van der Waals surface area contributed by atoms with Crippen molar-refractivity contribution in [3.05, 3.63) is 53.1 Å². The van der Waals surface area contributed by atoms with Crippen LogP contribution in [-0.2, 0) is 13.5 Å². The Labute approximate surface area is 101 Å². The Morgan fingerprint density at radius 1 is 1.35 bits per heavy atom. The zero-order valence-corrected chi connectivity index (χ0v) is 10.4. The molecule has 0 saturated carbocycles. The molecule has 0 bridgehead atoms. The van der Waals surface area contributed by atoms with E-state index in [1.54, 1.807) is 17.0 Å². The molecular weight excluding hydrogens is 212 g/mol. The molecule has 3 nitrogen and oxygen atoms in total. The van der Waals surface area contributed by atoms with Crippen molar-refractivity contribution in [1.82, 2.24) is 9.55 Å². The third kappa shape index (κ3) is 2.44. The van der Waals surface area contributed by atoms with Crippen LogP contribution in [-0.4, -0.2) is 15.3 Å². The maximum absolute atomic E-state index is 12.1. The summed E-state index contributed by atoms with van der Waals surface area (Å²) in [6.07, 6.45) is 3.85. The van der Waals surface area contributed by atoms with Gasteiger partial charge in [0.1, 0.15) is 0 Å². The number of carbonyl (C=O) groups is 1. The summed E-state index contributed by atoms with van der Waals surface area (Å²) in [5, 5.41) is 0. The first-order valence-corrected chi connectivity index (χ1v) is 5.64. The molecule has 1 aromatic heterocycles. The highest BCUT2D eigenvalue weighted by molar-refractivity contribution is 5.94. The predicted octanol–water partition coefficient (Wildman–Crippen LogP) is 2.46. The summed E-state index contributed by atoms with van der Waals surface area (Å²) in [7, 11) is 1.84. The Kier molecular flexibility index (Phi) is 3.09. The molecule has 2 aromatic rings. The highest BCUT2D eigenvalue weighted by Gasteiger charge is 2.12. The minimum absolute atomic E-state index is 0.0613. The van der Waals surface area contributed by atoms with Crippen molar-refractivity contribution in [2.75, 3.05) is 0 Å². The lowest BCUT2D eigenvalue weighted by atomic mass is 10.0. The van der Waals surface area contributed by atoms with Crippen LogP contribution in [0.15, 0.2) is 30.6 Å². The molecule has 3 heteroatoms. The van der Waals surface area contributed by atoms with E-state index >= 15 is 0 Å². The summed E-state index contributed by atoms with van der Waals surface area (Å²) in [6.45, 7) is 4.06. The summed E-state index contributed by atoms with van der Waals surface area (Å²) >= 11 is 0. The lowest BCUT2D eigenvalue weighted by Gasteiger charge is -2.06. The number of hydrogen-bond acceptors (Lipinski definition) is 2. The lowest BCUT2D eigenvalue weighted by molar-refractivity contribution is 0.0980. The normalized spacial score (nSPS) is 10.5. The van der Waals surface area contributed by atoms with Gasteiger partial charge in [-0.25, -0.2) is 4.98 Å². The van der Waals surface area contributed by atoms with E-state index in [1.165, 1.54) is 5.56 Å². The summed E-state index contributed by atoms with van der Waals surface area (Å²) in [4.78, 5) is 16.2. The largest absolute Gasteiger partial charge is 0.332 e. The quantitative estimate of drug-likeness (QED) is 0.756. The summed E-state index contributed by atoms with van der Waals surface area (Å²) in [6, 6.07) is 6.18. The van der Waals surface area contributed by atoms with Crippen LogP contribution in [0.5, 0.6) is 0 Å². The van der Waals surface area contributed by atoms with Crippen molar-refractivity contribution in [3.63, 3.8) is 0 Å². The van der Waals surface area contributed by atoms with Crippen LogP contribution in [0, 0.1) is 13.8 Å². The van der Waals surface area contributed by atoms with Crippen molar-refractivity contribution in [3.8, 4) is 0 Å². The molecule has 0 radical (unpaired) electrons. The highest BCUT2D eigenvalue weighted by atomic mass is 16.1. The van der Waals surface area contributed by atoms with Crippen LogP contribution >= 0.6 is 0 Å². The summed E-state index contributed by atoms with van der Waals surface area (Å²) in [5.74, 6) is 0.581. The summed E-state index contributed by atoms with van der Waals surface area (Å²) in [5.41, 5.74) is 3.41. The Hall–Kier alpha value is -1.90. The van der Waals surface area contributed by atoms with Crippen molar-refractivity contribution >= 4 is 5.78 Å². The van der Waals surface area contributed by atoms with E-state index in [1.807, 2.05) is 20.9 Å². The molecule has 0 unspecified atom stereocenters. The minimum atomic E-state index is 0.0613. The van der Waals surface area contributed by atoms with Crippen molar-refractivity contribution < 1.29 is 4.79 Å². The fourth-order valence-corrected chi connectivity index (χ4v) is 1.88. The second kappa shape index (κ2) is 4.53. The van der Waals surface area contributed by atoms with Gasteiger partial charge in [-0.1, -0.05) is 23.8 Å². The topological polar surface area (TPSA) is 34.9 Å². The molecular formula is C14H16N2O. The molecule has 0 saturated heterocycles. The van der Waals surface area contributed by atoms with E-state index < -0.39 is 0 Å². The molecule has 1 aromatic carbocycles. The maximum atomic E-state index is 12.1. The zero-order valence-electron chi connectivity index (χ0n) is 10.4. The van der Waals surface area contributed by atoms with Crippen LogP contribution in [0.25, 0.3) is 0 Å². The number of Topliss-reactive ketones (excluding diaryl/α,β-unsaturated/α-hetero) is 1. The Bertz CT molecular complexity index is 555. The third-order valence-corrected chi connectivity index (χ3v) is 2.93. The van der Waals surface area contributed by atoms with Gasteiger partial charge in [0, 0.05) is 25.9 Å². The van der Waals surface area contributed by atoms with Gasteiger partial charge in [0.2, 0.25) is 5.78 Å². The standard InChI is InChI=1S/C14H16N2O/c1-10-4-5-11(2)12(8-10)9-13(17)14-15-6-7-16(14)3/h4-8H,9H2,1-3H3. The van der Waals surface area contributed by atoms with Gasteiger partial charge >= 0.3 is 0 Å². The van der Waals surface area contributed by atoms with Crippen LogP contribution in [0.3, 0.4) is 0 Å². The van der Waals surface area contributed by atoms with Crippen LogP contribution in [0.4, 0.5) is 0 Å². The number of benzene rings is 1. The van der Waals surface area contributed by atoms with E-state index in [2.05, 4.69) is 23.2 Å². The van der Waals surface area contributed by atoms with Gasteiger partial charge in [-0.3, -0.25) is 4.79 Å². The molecule has 1 heterocycles. The number of aromatic nitrogens is 2. The molecule has 0 fully saturated rings. The smallest absolute Gasteiger partial charge is 0.202 e. The predicted molar refractivity (Wildman–Crippen MR) is 67.2 cm³/mol. The Morgan fingerprint density at radius 2 is 2.12 bits per heavy atom. The SMILES string of the molecule is Cc1ccc(C)c(CC(=O)c2nccn2C)c1. The van der Waals surface area contributed by atoms with Gasteiger partial charge in [-0.2, -0.15) is 0 Å². The number of nitrogens with zero attached hydrogens (tertiary/aromatic N) is 2. The first-order chi connectivity index (χ1) is 8.08. The van der Waals surface area contributed by atoms with Crippen LogP contribution in [0.2, 0.25) is 0 Å². The Balaban J connectivity index is 2.24. The fourth-order valence-electron chi connectivity index (χ4n) is 1.88. The minimum Gasteiger partial charge on any atom is -0.332 e. The Morgan fingerprint density at radius 3 is 2.76 bits per heavy atom. The number of rotatable bonds is 3. The van der Waals surface area contributed by atoms with Gasteiger partial charge in [0.15, 0.2) is 5.82 Å². The fraction of sp³-hybridized carbons (Fsp3) is 0.286. The van der Waals surface area contributed by atoms with E-state index in [0.717, 1.165) is 11.1 Å². The van der Waals surface area contributed by atoms with Crippen molar-refractivity contribution in [1.29, 1.82) is 0 Å². The monoisotopic (exact) mass is 228 g/mol. The van der Waals surface area contributed by atoms with Crippen molar-refractivity contribution in [2.45, 2.75) is 20.3 Å². The molecule has 0 aliphatic carbocycles. The molecule has 0 atom stereocenters. The van der Waals surface area contributed by atoms with E-state index in [-0.39, 0.29) is 5.78 Å². The number of imidazole rings is 1. The van der Waals surface area contributed by atoms with E-state index in [4.69, 9.17) is 0 Å². The molecule has 0 N–H and O–H groups in total. The second-order valence-corrected chi connectivity index (χ2v) is 4.39. The van der Waals surface area contributed by atoms with Crippen LogP contribution in [0.1, 0.15) is 27.3 Å². The summed E-state index contributed by atoms with van der Waals surface area (Å²) < 4.78 is 1.76. The molecule has 88 valence electrons. The average Bonchev–Trinajstić information content (AvgIpc) is 2.70. The second-order valence-electron chi connectivity index (χ2n) is 4.39. The molecule has 0 aliphatic rings. The molecule has 0 amide bonds. The van der Waals surface area contributed by atoms with E-state index in [0.29, 0.717) is 12.2 Å². The first kappa shape index (κ1) is 11.6. The molecule has 0 aliphatic heterocycles. The lowest BCUT2D eigenvalue weighted by Crippen LogP contribution is -2.11. The molecule has 2 rings (SSSR count). The van der Waals surface area contributed by atoms with E-state index in [9.17, 15) is 4.79 Å². The molecule has 0 spiro atoms. The van der Waals surface area contributed by atoms with Crippen molar-refractivity contribution in [2.24, 2.45) is 7.05 Å². The number of carbonyl (C=O) groups excluding carboxylic acids is 1. The maximum Gasteiger partial charge on any atom is 0.202 e. The number of hydrogen-bond donors (Lipinski definition) is 0. The average molecular weight is 228 g/mol. The highest BCUT2D eigenvalue weighted by Crippen LogP contribution is 2.13. The third-order valence-electron chi connectivity index (χ3n) is 2.93. The van der Waals surface area contributed by atoms with Gasteiger partial charge in [-0.05, 0) is 25.0 Å². The first-order valence-electron chi connectivity index (χ1n) is 5.64. The van der Waals surface area contributed by atoms with Crippen LogP contribution < -0.4 is 0 Å². The molecule has 17 heavy (non-hydrogen) atoms. The number of ketones is 1.